The summed E-state index contributed by atoms with van der Waals surface area (Å²) in [7, 11) is 0. The number of anilines is 2. The van der Waals surface area contributed by atoms with Crippen LogP contribution < -0.4 is 15.1 Å². The third kappa shape index (κ3) is 4.16. The van der Waals surface area contributed by atoms with Crippen LogP contribution in [0.15, 0.2) is 18.2 Å². The Kier molecular flexibility index (Phi) is 5.28. The highest BCUT2D eigenvalue weighted by Gasteiger charge is 2.36. The highest BCUT2D eigenvalue weighted by Crippen LogP contribution is 2.33. The second kappa shape index (κ2) is 7.34. The molecule has 2 saturated heterocycles. The van der Waals surface area contributed by atoms with Gasteiger partial charge in [0, 0.05) is 25.9 Å². The van der Waals surface area contributed by atoms with Crippen LogP contribution in [0.4, 0.5) is 20.6 Å². The summed E-state index contributed by atoms with van der Waals surface area (Å²) < 4.78 is 20.0. The van der Waals surface area contributed by atoms with Crippen LogP contribution in [0.3, 0.4) is 0 Å². The molecule has 0 spiro atoms. The molecular formula is C19H26FN3O4. The van der Waals surface area contributed by atoms with Gasteiger partial charge in [0.15, 0.2) is 0 Å². The molecule has 2 N–H and O–H groups in total. The van der Waals surface area contributed by atoms with Crippen LogP contribution in [0.5, 0.6) is 0 Å². The first-order chi connectivity index (χ1) is 12.7. The highest BCUT2D eigenvalue weighted by molar-refractivity contribution is 5.90. The van der Waals surface area contributed by atoms with Crippen LogP contribution in [-0.2, 0) is 9.53 Å². The fraction of sp³-hybridized carbons (Fsp3) is 0.579. The summed E-state index contributed by atoms with van der Waals surface area (Å²) >= 11 is 0. The molecule has 0 unspecified atom stereocenters. The molecule has 1 aromatic carbocycles. The molecule has 2 aliphatic rings. The summed E-state index contributed by atoms with van der Waals surface area (Å²) in [6, 6.07) is 4.68. The zero-order chi connectivity index (χ0) is 19.8. The number of aliphatic hydroxyl groups is 1. The zero-order valence-corrected chi connectivity index (χ0v) is 15.9. The highest BCUT2D eigenvalue weighted by atomic mass is 19.1. The molecule has 7 nitrogen and oxygen atoms in total. The van der Waals surface area contributed by atoms with Crippen molar-refractivity contribution in [1.29, 1.82) is 0 Å². The van der Waals surface area contributed by atoms with Gasteiger partial charge in [0.2, 0.25) is 5.91 Å². The molecule has 2 aliphatic heterocycles. The van der Waals surface area contributed by atoms with Gasteiger partial charge in [-0.05, 0) is 31.5 Å². The average Bonchev–Trinajstić information content (AvgIpc) is 2.96. The topological polar surface area (TPSA) is 82.1 Å². The van der Waals surface area contributed by atoms with Crippen molar-refractivity contribution < 1.29 is 23.8 Å². The lowest BCUT2D eigenvalue weighted by Gasteiger charge is -2.42. The van der Waals surface area contributed by atoms with Gasteiger partial charge in [-0.15, -0.1) is 0 Å². The number of hydrogen-bond acceptors (Lipinski definition) is 5. The van der Waals surface area contributed by atoms with Crippen LogP contribution in [-0.4, -0.2) is 55.0 Å². The summed E-state index contributed by atoms with van der Waals surface area (Å²) in [6.07, 6.45) is -0.451. The quantitative estimate of drug-likeness (QED) is 0.835. The van der Waals surface area contributed by atoms with E-state index in [1.54, 1.807) is 12.1 Å². The van der Waals surface area contributed by atoms with E-state index in [-0.39, 0.29) is 24.9 Å². The minimum absolute atomic E-state index is 0.0217. The van der Waals surface area contributed by atoms with E-state index in [0.717, 1.165) is 0 Å². The summed E-state index contributed by atoms with van der Waals surface area (Å²) in [5.41, 5.74) is 0.141. The number of cyclic esters (lactones) is 1. The third-order valence-electron chi connectivity index (χ3n) is 5.48. The number of carbonyl (C=O) groups is 2. The number of hydrogen-bond donors (Lipinski definition) is 2. The molecule has 148 valence electrons. The molecule has 2 heterocycles. The Balaban J connectivity index is 1.70. The van der Waals surface area contributed by atoms with Crippen LogP contribution in [0.25, 0.3) is 0 Å². The average molecular weight is 379 g/mol. The van der Waals surface area contributed by atoms with E-state index < -0.39 is 23.6 Å². The summed E-state index contributed by atoms with van der Waals surface area (Å²) in [5.74, 6) is -0.595. The SMILES string of the molecule is CC(=O)NC[C@H]1CN(c2ccc(N3CC[C@@](C)(O)[C@@H](C)C3)c(F)c2)C(=O)O1. The predicted octanol–water partition coefficient (Wildman–Crippen LogP) is 1.88. The van der Waals surface area contributed by atoms with Gasteiger partial charge in [-0.2, -0.15) is 0 Å². The number of nitrogens with zero attached hydrogens (tertiary/aromatic N) is 2. The van der Waals surface area contributed by atoms with Gasteiger partial charge < -0.3 is 20.1 Å². The predicted molar refractivity (Wildman–Crippen MR) is 99.3 cm³/mol. The number of benzene rings is 1. The molecule has 0 radical (unpaired) electrons. The van der Waals surface area contributed by atoms with Gasteiger partial charge in [-0.3, -0.25) is 9.69 Å². The third-order valence-corrected chi connectivity index (χ3v) is 5.48. The fourth-order valence-electron chi connectivity index (χ4n) is 3.46. The smallest absolute Gasteiger partial charge is 0.414 e. The van der Waals surface area contributed by atoms with Gasteiger partial charge in [-0.1, -0.05) is 6.92 Å². The lowest BCUT2D eigenvalue weighted by atomic mass is 9.84. The standard InChI is InChI=1S/C19H26FN3O4/c1-12-10-22(7-6-19(12,3)26)17-5-4-14(8-16(17)20)23-11-15(27-18(23)25)9-21-13(2)24/h4-5,8,12,15,26H,6-7,9-11H2,1-3H3,(H,21,24)/t12-,15-,19+/m0/s1. The fourth-order valence-corrected chi connectivity index (χ4v) is 3.46. The lowest BCUT2D eigenvalue weighted by molar-refractivity contribution is -0.119. The maximum atomic E-state index is 14.7. The normalized spacial score (nSPS) is 28.3. The molecule has 3 rings (SSSR count). The number of rotatable bonds is 4. The Bertz CT molecular complexity index is 740. The first-order valence-corrected chi connectivity index (χ1v) is 9.17. The molecule has 2 fully saturated rings. The van der Waals surface area contributed by atoms with Gasteiger partial charge >= 0.3 is 6.09 Å². The Labute approximate surface area is 158 Å². The number of amides is 2. The molecule has 2 amide bonds. The second-order valence-electron chi connectivity index (χ2n) is 7.64. The second-order valence-corrected chi connectivity index (χ2v) is 7.64. The summed E-state index contributed by atoms with van der Waals surface area (Å²) in [6.45, 7) is 6.76. The zero-order valence-electron chi connectivity index (χ0n) is 15.9. The number of carbonyl (C=O) groups excluding carboxylic acids is 2. The van der Waals surface area contributed by atoms with Crippen molar-refractivity contribution in [2.24, 2.45) is 5.92 Å². The maximum absolute atomic E-state index is 14.7. The van der Waals surface area contributed by atoms with E-state index in [2.05, 4.69) is 5.32 Å². The van der Waals surface area contributed by atoms with Gasteiger partial charge in [0.25, 0.3) is 0 Å². The monoisotopic (exact) mass is 379 g/mol. The molecule has 0 bridgehead atoms. The number of piperidine rings is 1. The molecule has 27 heavy (non-hydrogen) atoms. The number of nitrogens with one attached hydrogen (secondary N) is 1. The van der Waals surface area contributed by atoms with E-state index >= 15 is 0 Å². The molecule has 0 aliphatic carbocycles. The maximum Gasteiger partial charge on any atom is 0.414 e. The van der Waals surface area contributed by atoms with Crippen molar-refractivity contribution in [3.05, 3.63) is 24.0 Å². The van der Waals surface area contributed by atoms with Crippen molar-refractivity contribution in [3.8, 4) is 0 Å². The molecule has 1 aromatic rings. The van der Waals surface area contributed by atoms with Crippen LogP contribution in [0.2, 0.25) is 0 Å². The molecule has 8 heteroatoms. The van der Waals surface area contributed by atoms with E-state index in [0.29, 0.717) is 30.9 Å². The Morgan fingerprint density at radius 3 is 2.81 bits per heavy atom. The molecule has 0 aromatic heterocycles. The minimum atomic E-state index is -0.741. The number of halogens is 1. The van der Waals surface area contributed by atoms with Crippen molar-refractivity contribution in [2.75, 3.05) is 36.0 Å². The van der Waals surface area contributed by atoms with Crippen molar-refractivity contribution in [2.45, 2.75) is 38.9 Å². The van der Waals surface area contributed by atoms with Gasteiger partial charge in [0.1, 0.15) is 11.9 Å². The van der Waals surface area contributed by atoms with E-state index in [1.165, 1.54) is 17.9 Å². The van der Waals surface area contributed by atoms with Crippen molar-refractivity contribution in [1.82, 2.24) is 5.32 Å². The number of ether oxygens (including phenoxy) is 1. The Morgan fingerprint density at radius 1 is 1.44 bits per heavy atom. The van der Waals surface area contributed by atoms with E-state index in [1.807, 2.05) is 18.7 Å². The summed E-state index contributed by atoms with van der Waals surface area (Å²) in [4.78, 5) is 26.4. The molecular weight excluding hydrogens is 353 g/mol. The van der Waals surface area contributed by atoms with Crippen LogP contribution in [0, 0.1) is 11.7 Å². The minimum Gasteiger partial charge on any atom is -0.442 e. The van der Waals surface area contributed by atoms with Crippen LogP contribution in [0.1, 0.15) is 27.2 Å². The lowest BCUT2D eigenvalue weighted by Crippen LogP contribution is -2.49. The Morgan fingerprint density at radius 2 is 2.19 bits per heavy atom. The van der Waals surface area contributed by atoms with Crippen molar-refractivity contribution >= 4 is 23.4 Å². The van der Waals surface area contributed by atoms with Gasteiger partial charge in [-0.25, -0.2) is 9.18 Å². The summed E-state index contributed by atoms with van der Waals surface area (Å²) in [5, 5.41) is 12.9. The first kappa shape index (κ1) is 19.4. The van der Waals surface area contributed by atoms with E-state index in [9.17, 15) is 19.1 Å². The largest absolute Gasteiger partial charge is 0.442 e. The van der Waals surface area contributed by atoms with Crippen LogP contribution >= 0.6 is 0 Å². The van der Waals surface area contributed by atoms with E-state index in [4.69, 9.17) is 4.74 Å². The van der Waals surface area contributed by atoms with Gasteiger partial charge in [0.05, 0.1) is 30.1 Å². The molecule has 3 atom stereocenters. The Hall–Kier alpha value is -2.35. The van der Waals surface area contributed by atoms with Crippen molar-refractivity contribution in [3.63, 3.8) is 0 Å². The first-order valence-electron chi connectivity index (χ1n) is 9.17. The molecule has 0 saturated carbocycles.